The zero-order chi connectivity index (χ0) is 13.3. The van der Waals surface area contributed by atoms with Crippen molar-refractivity contribution in [2.75, 3.05) is 7.11 Å². The Morgan fingerprint density at radius 2 is 1.94 bits per heavy atom. The van der Waals surface area contributed by atoms with Crippen molar-refractivity contribution >= 4 is 23.2 Å². The van der Waals surface area contributed by atoms with Gasteiger partial charge in [0.05, 0.1) is 24.4 Å². The van der Waals surface area contributed by atoms with Gasteiger partial charge in [-0.2, -0.15) is 0 Å². The van der Waals surface area contributed by atoms with Crippen LogP contribution in [0.2, 0.25) is 10.0 Å². The fraction of sp³-hybridized carbons (Fsp3) is 0.231. The molecule has 3 nitrogen and oxygen atoms in total. The van der Waals surface area contributed by atoms with Gasteiger partial charge in [-0.25, -0.2) is 0 Å². The summed E-state index contributed by atoms with van der Waals surface area (Å²) in [4.78, 5) is 0. The van der Waals surface area contributed by atoms with Crippen molar-refractivity contribution in [3.63, 3.8) is 0 Å². The maximum Gasteiger partial charge on any atom is 0.138 e. The van der Waals surface area contributed by atoms with Crippen molar-refractivity contribution in [1.29, 1.82) is 0 Å². The van der Waals surface area contributed by atoms with Crippen LogP contribution in [0, 0.1) is 6.92 Å². The molecule has 0 aliphatic rings. The van der Waals surface area contributed by atoms with E-state index in [0.717, 1.165) is 16.9 Å². The lowest BCUT2D eigenvalue weighted by Gasteiger charge is -2.15. The zero-order valence-corrected chi connectivity index (χ0v) is 11.5. The number of hydrogen-bond donors (Lipinski definition) is 1. The summed E-state index contributed by atoms with van der Waals surface area (Å²) in [6, 6.07) is 4.84. The number of methoxy groups -OCH3 is 1. The number of halogens is 2. The van der Waals surface area contributed by atoms with Crippen molar-refractivity contribution in [1.82, 2.24) is 0 Å². The molecule has 5 heteroatoms. The summed E-state index contributed by atoms with van der Waals surface area (Å²) in [5, 5.41) is 0.998. The number of hydrogen-bond acceptors (Lipinski definition) is 3. The first kappa shape index (κ1) is 13.3. The molecular formula is C13H13Cl2NO2. The highest BCUT2D eigenvalue weighted by atomic mass is 35.5. The van der Waals surface area contributed by atoms with E-state index >= 15 is 0 Å². The lowest BCUT2D eigenvalue weighted by Crippen LogP contribution is -2.12. The molecular weight excluding hydrogens is 273 g/mol. The van der Waals surface area contributed by atoms with Gasteiger partial charge in [-0.1, -0.05) is 23.2 Å². The third-order valence-corrected chi connectivity index (χ3v) is 3.46. The smallest absolute Gasteiger partial charge is 0.138 e. The SMILES string of the molecule is COc1cc(Cl)c(C(N)c2ccoc2C)cc1Cl. The molecule has 2 N–H and O–H groups in total. The number of benzene rings is 1. The van der Waals surface area contributed by atoms with E-state index in [1.165, 1.54) is 7.11 Å². The van der Waals surface area contributed by atoms with Crippen molar-refractivity contribution in [2.45, 2.75) is 13.0 Å². The molecule has 1 unspecified atom stereocenters. The van der Waals surface area contributed by atoms with Crippen LogP contribution in [-0.4, -0.2) is 7.11 Å². The molecule has 1 aromatic carbocycles. The summed E-state index contributed by atoms with van der Waals surface area (Å²) < 4.78 is 10.3. The van der Waals surface area contributed by atoms with Crippen molar-refractivity contribution in [3.8, 4) is 5.75 Å². The summed E-state index contributed by atoms with van der Waals surface area (Å²) in [6.45, 7) is 1.86. The Balaban J connectivity index is 2.46. The predicted molar refractivity (Wildman–Crippen MR) is 72.5 cm³/mol. The fourth-order valence-electron chi connectivity index (χ4n) is 1.82. The van der Waals surface area contributed by atoms with Gasteiger partial charge in [0.2, 0.25) is 0 Å². The van der Waals surface area contributed by atoms with E-state index in [1.54, 1.807) is 18.4 Å². The van der Waals surface area contributed by atoms with Crippen LogP contribution in [0.25, 0.3) is 0 Å². The molecule has 1 aromatic heterocycles. The number of nitrogens with two attached hydrogens (primary N) is 1. The Morgan fingerprint density at radius 1 is 1.22 bits per heavy atom. The van der Waals surface area contributed by atoms with Gasteiger partial charge in [0.15, 0.2) is 0 Å². The standard InChI is InChI=1S/C13H13Cl2NO2/c1-7-8(3-4-18-7)13(16)9-5-11(15)12(17-2)6-10(9)14/h3-6,13H,16H2,1-2H3. The number of rotatable bonds is 3. The monoisotopic (exact) mass is 285 g/mol. The Kier molecular flexibility index (Phi) is 3.85. The highest BCUT2D eigenvalue weighted by Crippen LogP contribution is 2.36. The van der Waals surface area contributed by atoms with Gasteiger partial charge in [0.25, 0.3) is 0 Å². The van der Waals surface area contributed by atoms with E-state index in [9.17, 15) is 0 Å². The zero-order valence-electron chi connectivity index (χ0n) is 10.0. The van der Waals surface area contributed by atoms with Gasteiger partial charge in [0, 0.05) is 16.7 Å². The summed E-state index contributed by atoms with van der Waals surface area (Å²) in [5.74, 6) is 1.30. The first-order valence-electron chi connectivity index (χ1n) is 5.37. The van der Waals surface area contributed by atoms with Gasteiger partial charge in [0.1, 0.15) is 11.5 Å². The molecule has 2 aromatic rings. The summed E-state index contributed by atoms with van der Waals surface area (Å²) in [7, 11) is 1.54. The topological polar surface area (TPSA) is 48.4 Å². The first-order valence-corrected chi connectivity index (χ1v) is 6.12. The number of ether oxygens (including phenoxy) is 1. The molecule has 0 aliphatic heterocycles. The maximum atomic E-state index is 6.19. The minimum Gasteiger partial charge on any atom is -0.495 e. The van der Waals surface area contributed by atoms with Crippen molar-refractivity contribution in [3.05, 3.63) is 51.4 Å². The fourth-order valence-corrected chi connectivity index (χ4v) is 2.34. The highest BCUT2D eigenvalue weighted by Gasteiger charge is 2.18. The Morgan fingerprint density at radius 3 is 2.50 bits per heavy atom. The molecule has 0 spiro atoms. The largest absolute Gasteiger partial charge is 0.495 e. The lowest BCUT2D eigenvalue weighted by molar-refractivity contribution is 0.415. The third-order valence-electron chi connectivity index (χ3n) is 2.84. The third kappa shape index (κ3) is 2.34. The van der Waals surface area contributed by atoms with E-state index < -0.39 is 0 Å². The number of furan rings is 1. The predicted octanol–water partition coefficient (Wildman–Crippen LogP) is 3.95. The van der Waals surface area contributed by atoms with E-state index in [-0.39, 0.29) is 6.04 Å². The molecule has 1 heterocycles. The van der Waals surface area contributed by atoms with Crippen LogP contribution in [0.1, 0.15) is 22.9 Å². The van der Waals surface area contributed by atoms with Crippen LogP contribution in [0.15, 0.2) is 28.9 Å². The van der Waals surface area contributed by atoms with Gasteiger partial charge in [-0.15, -0.1) is 0 Å². The molecule has 2 rings (SSSR count). The molecule has 0 amide bonds. The molecule has 18 heavy (non-hydrogen) atoms. The first-order chi connectivity index (χ1) is 8.54. The molecule has 0 aliphatic carbocycles. The minimum atomic E-state index is -0.375. The Hall–Kier alpha value is -1.16. The molecule has 0 fully saturated rings. The van der Waals surface area contributed by atoms with Crippen LogP contribution in [-0.2, 0) is 0 Å². The normalized spacial score (nSPS) is 12.5. The Labute approximate surface area is 115 Å². The van der Waals surface area contributed by atoms with Crippen LogP contribution in [0.5, 0.6) is 5.75 Å². The van der Waals surface area contributed by atoms with E-state index in [4.69, 9.17) is 38.1 Å². The summed E-state index contributed by atoms with van der Waals surface area (Å²) in [5.41, 5.74) is 7.81. The second-order valence-electron chi connectivity index (χ2n) is 3.92. The number of aryl methyl sites for hydroxylation is 1. The van der Waals surface area contributed by atoms with E-state index in [1.807, 2.05) is 13.0 Å². The second kappa shape index (κ2) is 5.22. The average Bonchev–Trinajstić information content (AvgIpc) is 2.77. The molecule has 0 saturated heterocycles. The summed E-state index contributed by atoms with van der Waals surface area (Å²) >= 11 is 12.3. The molecule has 0 bridgehead atoms. The van der Waals surface area contributed by atoms with Gasteiger partial charge in [-0.3, -0.25) is 0 Å². The van der Waals surface area contributed by atoms with Gasteiger partial charge in [-0.05, 0) is 24.6 Å². The lowest BCUT2D eigenvalue weighted by atomic mass is 10.00. The van der Waals surface area contributed by atoms with Gasteiger partial charge < -0.3 is 14.9 Å². The molecule has 0 radical (unpaired) electrons. The van der Waals surface area contributed by atoms with E-state index in [2.05, 4.69) is 0 Å². The second-order valence-corrected chi connectivity index (χ2v) is 4.73. The van der Waals surface area contributed by atoms with Crippen molar-refractivity contribution < 1.29 is 9.15 Å². The minimum absolute atomic E-state index is 0.375. The quantitative estimate of drug-likeness (QED) is 0.929. The van der Waals surface area contributed by atoms with Gasteiger partial charge >= 0.3 is 0 Å². The van der Waals surface area contributed by atoms with Crippen LogP contribution < -0.4 is 10.5 Å². The average molecular weight is 286 g/mol. The van der Waals surface area contributed by atoms with E-state index in [0.29, 0.717) is 15.8 Å². The maximum absolute atomic E-state index is 6.19. The summed E-state index contributed by atoms with van der Waals surface area (Å²) in [6.07, 6.45) is 1.60. The molecule has 96 valence electrons. The van der Waals surface area contributed by atoms with Crippen LogP contribution in [0.4, 0.5) is 0 Å². The highest BCUT2D eigenvalue weighted by molar-refractivity contribution is 6.34. The van der Waals surface area contributed by atoms with Crippen LogP contribution >= 0.6 is 23.2 Å². The Bertz CT molecular complexity index is 566. The van der Waals surface area contributed by atoms with Crippen LogP contribution in [0.3, 0.4) is 0 Å². The molecule has 0 saturated carbocycles. The van der Waals surface area contributed by atoms with Crippen molar-refractivity contribution in [2.24, 2.45) is 5.73 Å². The molecule has 1 atom stereocenters.